The number of para-hydroxylation sites is 2. The second-order valence-corrected chi connectivity index (χ2v) is 6.32. The number of ether oxygens (including phenoxy) is 1. The number of hydrogen-bond acceptors (Lipinski definition) is 3. The van der Waals surface area contributed by atoms with Crippen LogP contribution in [0.2, 0.25) is 0 Å². The number of aromatic nitrogens is 3. The summed E-state index contributed by atoms with van der Waals surface area (Å²) in [5.74, 6) is 0.574. The van der Waals surface area contributed by atoms with Crippen LogP contribution in [0.5, 0.6) is 5.75 Å². The van der Waals surface area contributed by atoms with Crippen LogP contribution in [0.4, 0.5) is 5.69 Å². The number of anilines is 1. The van der Waals surface area contributed by atoms with Gasteiger partial charge in [0.15, 0.2) is 0 Å². The number of nitrogens with zero attached hydrogens (tertiary/aromatic N) is 3. The zero-order chi connectivity index (χ0) is 19.5. The van der Waals surface area contributed by atoms with Gasteiger partial charge in [-0.05, 0) is 55.5 Å². The number of nitrogens with one attached hydrogen (secondary N) is 1. The van der Waals surface area contributed by atoms with E-state index in [0.717, 1.165) is 28.5 Å². The van der Waals surface area contributed by atoms with Crippen molar-refractivity contribution in [1.82, 2.24) is 14.3 Å². The summed E-state index contributed by atoms with van der Waals surface area (Å²) in [7, 11) is 1.63. The molecule has 0 spiro atoms. The first-order chi connectivity index (χ1) is 13.7. The molecule has 4 rings (SSSR count). The molecule has 0 saturated carbocycles. The lowest BCUT2D eigenvalue weighted by Gasteiger charge is -2.12. The molecule has 0 saturated heterocycles. The molecule has 0 aliphatic carbocycles. The predicted molar refractivity (Wildman–Crippen MR) is 109 cm³/mol. The standard InChI is InChI=1S/C22H20N4O2/c1-16-19(15-23-26(16)17-9-11-18(28-2)12-10-17)22(27)24-20-7-3-4-8-21(20)25-13-5-6-14-25/h3-15H,1-2H3,(H,24,27). The fourth-order valence-electron chi connectivity index (χ4n) is 3.11. The maximum absolute atomic E-state index is 12.9. The van der Waals surface area contributed by atoms with Crippen molar-refractivity contribution in [2.45, 2.75) is 6.92 Å². The summed E-state index contributed by atoms with van der Waals surface area (Å²) >= 11 is 0. The summed E-state index contributed by atoms with van der Waals surface area (Å²) in [4.78, 5) is 12.9. The van der Waals surface area contributed by atoms with E-state index in [4.69, 9.17) is 4.74 Å². The summed E-state index contributed by atoms with van der Waals surface area (Å²) in [6, 6.07) is 19.1. The molecule has 0 atom stereocenters. The van der Waals surface area contributed by atoms with Gasteiger partial charge in [0.05, 0.1) is 41.6 Å². The highest BCUT2D eigenvalue weighted by atomic mass is 16.5. The molecule has 6 nitrogen and oxygen atoms in total. The number of methoxy groups -OCH3 is 1. The first-order valence-corrected chi connectivity index (χ1v) is 8.90. The summed E-state index contributed by atoms with van der Waals surface area (Å²) < 4.78 is 8.89. The maximum Gasteiger partial charge on any atom is 0.259 e. The second kappa shape index (κ2) is 7.44. The third-order valence-corrected chi connectivity index (χ3v) is 4.61. The summed E-state index contributed by atoms with van der Waals surface area (Å²) in [5, 5.41) is 7.39. The molecule has 1 N–H and O–H groups in total. The molecule has 28 heavy (non-hydrogen) atoms. The molecule has 2 aromatic heterocycles. The Kier molecular flexibility index (Phi) is 4.68. The van der Waals surface area contributed by atoms with Gasteiger partial charge in [0.1, 0.15) is 5.75 Å². The SMILES string of the molecule is COc1ccc(-n2ncc(C(=O)Nc3ccccc3-n3cccc3)c2C)cc1. The second-order valence-electron chi connectivity index (χ2n) is 6.32. The Hall–Kier alpha value is -3.80. The Morgan fingerprint density at radius 1 is 1.00 bits per heavy atom. The lowest BCUT2D eigenvalue weighted by Crippen LogP contribution is -2.14. The largest absolute Gasteiger partial charge is 0.497 e. The minimum atomic E-state index is -0.197. The minimum Gasteiger partial charge on any atom is -0.497 e. The Balaban J connectivity index is 1.61. The minimum absolute atomic E-state index is 0.197. The van der Waals surface area contributed by atoms with Crippen LogP contribution in [0.25, 0.3) is 11.4 Å². The number of hydrogen-bond donors (Lipinski definition) is 1. The molecule has 0 fully saturated rings. The molecular formula is C22H20N4O2. The van der Waals surface area contributed by atoms with Crippen LogP contribution < -0.4 is 10.1 Å². The highest BCUT2D eigenvalue weighted by Gasteiger charge is 2.17. The van der Waals surface area contributed by atoms with Crippen LogP contribution in [0.3, 0.4) is 0 Å². The highest BCUT2D eigenvalue weighted by molar-refractivity contribution is 6.06. The van der Waals surface area contributed by atoms with Crippen LogP contribution in [-0.2, 0) is 0 Å². The molecule has 0 aliphatic heterocycles. The monoisotopic (exact) mass is 372 g/mol. The average molecular weight is 372 g/mol. The fourth-order valence-corrected chi connectivity index (χ4v) is 3.11. The molecule has 0 radical (unpaired) electrons. The van der Waals surface area contributed by atoms with E-state index >= 15 is 0 Å². The Labute approximate surface area is 163 Å². The first kappa shape index (κ1) is 17.6. The van der Waals surface area contributed by atoms with E-state index in [9.17, 15) is 4.79 Å². The zero-order valence-corrected chi connectivity index (χ0v) is 15.7. The Morgan fingerprint density at radius 3 is 2.43 bits per heavy atom. The van der Waals surface area contributed by atoms with E-state index in [0.29, 0.717) is 5.56 Å². The van der Waals surface area contributed by atoms with E-state index < -0.39 is 0 Å². The third-order valence-electron chi connectivity index (χ3n) is 4.61. The fraction of sp³-hybridized carbons (Fsp3) is 0.0909. The number of rotatable bonds is 5. The lowest BCUT2D eigenvalue weighted by atomic mass is 10.2. The molecule has 0 aliphatic rings. The summed E-state index contributed by atoms with van der Waals surface area (Å²) in [6.45, 7) is 1.88. The highest BCUT2D eigenvalue weighted by Crippen LogP contribution is 2.22. The van der Waals surface area contributed by atoms with Gasteiger partial charge >= 0.3 is 0 Å². The molecule has 2 aromatic carbocycles. The van der Waals surface area contributed by atoms with Gasteiger partial charge in [0, 0.05) is 12.4 Å². The van der Waals surface area contributed by atoms with Gasteiger partial charge in [-0.15, -0.1) is 0 Å². The van der Waals surface area contributed by atoms with Crippen molar-refractivity contribution in [3.63, 3.8) is 0 Å². The van der Waals surface area contributed by atoms with Gasteiger partial charge in [-0.3, -0.25) is 4.79 Å². The molecule has 6 heteroatoms. The summed E-state index contributed by atoms with van der Waals surface area (Å²) in [5.41, 5.74) is 3.80. The predicted octanol–water partition coefficient (Wildman–Crippen LogP) is 4.23. The topological polar surface area (TPSA) is 61.1 Å². The molecular weight excluding hydrogens is 352 g/mol. The molecule has 0 unspecified atom stereocenters. The van der Waals surface area contributed by atoms with Crippen LogP contribution in [-0.4, -0.2) is 27.4 Å². The van der Waals surface area contributed by atoms with Crippen LogP contribution >= 0.6 is 0 Å². The summed E-state index contributed by atoms with van der Waals surface area (Å²) in [6.07, 6.45) is 5.48. The van der Waals surface area contributed by atoms with Crippen LogP contribution in [0.15, 0.2) is 79.3 Å². The molecule has 0 bridgehead atoms. The van der Waals surface area contributed by atoms with Crippen molar-refractivity contribution in [3.8, 4) is 17.1 Å². The van der Waals surface area contributed by atoms with Gasteiger partial charge in [0.25, 0.3) is 5.91 Å². The third kappa shape index (κ3) is 3.27. The Morgan fingerprint density at radius 2 is 1.71 bits per heavy atom. The van der Waals surface area contributed by atoms with Crippen molar-refractivity contribution in [1.29, 1.82) is 0 Å². The normalized spacial score (nSPS) is 10.6. The maximum atomic E-state index is 12.9. The average Bonchev–Trinajstić information content (AvgIpc) is 3.38. The quantitative estimate of drug-likeness (QED) is 0.570. The van der Waals surface area contributed by atoms with E-state index in [-0.39, 0.29) is 5.91 Å². The van der Waals surface area contributed by atoms with Crippen molar-refractivity contribution in [2.75, 3.05) is 12.4 Å². The van der Waals surface area contributed by atoms with Crippen LogP contribution in [0, 0.1) is 6.92 Å². The van der Waals surface area contributed by atoms with Gasteiger partial charge < -0.3 is 14.6 Å². The number of amides is 1. The van der Waals surface area contributed by atoms with Crippen molar-refractivity contribution in [3.05, 3.63) is 90.5 Å². The molecule has 1 amide bonds. The molecule has 2 heterocycles. The van der Waals surface area contributed by atoms with Gasteiger partial charge in [-0.25, -0.2) is 4.68 Å². The van der Waals surface area contributed by atoms with E-state index in [2.05, 4.69) is 10.4 Å². The van der Waals surface area contributed by atoms with E-state index in [1.54, 1.807) is 18.0 Å². The first-order valence-electron chi connectivity index (χ1n) is 8.90. The zero-order valence-electron chi connectivity index (χ0n) is 15.7. The van der Waals surface area contributed by atoms with Crippen molar-refractivity contribution >= 4 is 11.6 Å². The van der Waals surface area contributed by atoms with Crippen LogP contribution in [0.1, 0.15) is 16.1 Å². The van der Waals surface area contributed by atoms with Crippen molar-refractivity contribution in [2.24, 2.45) is 0 Å². The Bertz CT molecular complexity index is 1100. The number of carbonyl (C=O) groups excluding carboxylic acids is 1. The van der Waals surface area contributed by atoms with E-state index in [1.807, 2.05) is 84.5 Å². The number of benzene rings is 2. The number of carbonyl (C=O) groups is 1. The van der Waals surface area contributed by atoms with Gasteiger partial charge in [-0.2, -0.15) is 5.10 Å². The van der Waals surface area contributed by atoms with E-state index in [1.165, 1.54) is 0 Å². The van der Waals surface area contributed by atoms with Crippen molar-refractivity contribution < 1.29 is 9.53 Å². The van der Waals surface area contributed by atoms with Gasteiger partial charge in [0.2, 0.25) is 0 Å². The molecule has 140 valence electrons. The lowest BCUT2D eigenvalue weighted by molar-refractivity contribution is 0.102. The van der Waals surface area contributed by atoms with Gasteiger partial charge in [-0.1, -0.05) is 12.1 Å². The smallest absolute Gasteiger partial charge is 0.259 e. The molecule has 4 aromatic rings.